The topological polar surface area (TPSA) is 69.6 Å². The van der Waals surface area contributed by atoms with E-state index in [1.54, 1.807) is 4.80 Å². The van der Waals surface area contributed by atoms with E-state index in [1.165, 1.54) is 5.56 Å². The standard InChI is InChI=1S/C12H17N5/c1-9-5-6-11(10(2)8-9)17-15-12(14-16-17)4-3-7-13/h5-6,8H,3-4,7,13H2,1-2H3. The first-order valence-electron chi connectivity index (χ1n) is 5.77. The summed E-state index contributed by atoms with van der Waals surface area (Å²) in [5.74, 6) is 0.746. The molecule has 0 spiro atoms. The number of hydrogen-bond donors (Lipinski definition) is 1. The number of rotatable bonds is 4. The first kappa shape index (κ1) is 11.7. The molecule has 0 aliphatic heterocycles. The molecule has 0 aliphatic rings. The molecular weight excluding hydrogens is 214 g/mol. The summed E-state index contributed by atoms with van der Waals surface area (Å²) in [6.07, 6.45) is 1.67. The summed E-state index contributed by atoms with van der Waals surface area (Å²) in [5, 5.41) is 12.4. The van der Waals surface area contributed by atoms with Gasteiger partial charge in [0.2, 0.25) is 0 Å². The van der Waals surface area contributed by atoms with Crippen molar-refractivity contribution in [1.82, 2.24) is 20.2 Å². The number of hydrogen-bond acceptors (Lipinski definition) is 4. The van der Waals surface area contributed by atoms with E-state index in [2.05, 4.69) is 28.4 Å². The largest absolute Gasteiger partial charge is 0.330 e. The van der Waals surface area contributed by atoms with Crippen LogP contribution < -0.4 is 5.73 Å². The van der Waals surface area contributed by atoms with E-state index in [0.717, 1.165) is 29.9 Å². The summed E-state index contributed by atoms with van der Waals surface area (Å²) in [5.41, 5.74) is 8.80. The second-order valence-electron chi connectivity index (χ2n) is 4.18. The Hall–Kier alpha value is -1.75. The number of aryl methyl sites for hydroxylation is 3. The Morgan fingerprint density at radius 2 is 2.12 bits per heavy atom. The Bertz CT molecular complexity index is 503. The Balaban J connectivity index is 2.24. The molecule has 1 heterocycles. The lowest BCUT2D eigenvalue weighted by molar-refractivity contribution is 0.710. The van der Waals surface area contributed by atoms with Crippen LogP contribution in [0.5, 0.6) is 0 Å². The van der Waals surface area contributed by atoms with Crippen molar-refractivity contribution in [3.05, 3.63) is 35.2 Å². The van der Waals surface area contributed by atoms with Crippen molar-refractivity contribution in [2.75, 3.05) is 6.54 Å². The van der Waals surface area contributed by atoms with E-state index < -0.39 is 0 Å². The molecule has 0 amide bonds. The molecule has 90 valence electrons. The molecule has 17 heavy (non-hydrogen) atoms. The minimum atomic E-state index is 0.651. The van der Waals surface area contributed by atoms with Crippen LogP contribution >= 0.6 is 0 Å². The van der Waals surface area contributed by atoms with Crippen LogP contribution in [0.4, 0.5) is 0 Å². The van der Waals surface area contributed by atoms with Gasteiger partial charge in [0, 0.05) is 6.42 Å². The minimum Gasteiger partial charge on any atom is -0.330 e. The van der Waals surface area contributed by atoms with Gasteiger partial charge in [-0.1, -0.05) is 17.7 Å². The molecule has 0 fully saturated rings. The third-order valence-electron chi connectivity index (χ3n) is 2.63. The summed E-state index contributed by atoms with van der Waals surface area (Å²) in [6.45, 7) is 4.77. The van der Waals surface area contributed by atoms with Crippen LogP contribution in [-0.2, 0) is 6.42 Å². The van der Waals surface area contributed by atoms with E-state index in [4.69, 9.17) is 5.73 Å². The zero-order valence-corrected chi connectivity index (χ0v) is 10.2. The van der Waals surface area contributed by atoms with Gasteiger partial charge < -0.3 is 5.73 Å². The molecule has 5 heteroatoms. The predicted molar refractivity (Wildman–Crippen MR) is 66.0 cm³/mol. The highest BCUT2D eigenvalue weighted by molar-refractivity contribution is 5.40. The van der Waals surface area contributed by atoms with E-state index in [1.807, 2.05) is 19.1 Å². The highest BCUT2D eigenvalue weighted by Gasteiger charge is 2.06. The normalized spacial score (nSPS) is 10.8. The maximum atomic E-state index is 5.45. The molecule has 0 saturated carbocycles. The third-order valence-corrected chi connectivity index (χ3v) is 2.63. The lowest BCUT2D eigenvalue weighted by atomic mass is 10.1. The molecule has 2 rings (SSSR count). The third kappa shape index (κ3) is 2.68. The van der Waals surface area contributed by atoms with Gasteiger partial charge in [0.05, 0.1) is 5.69 Å². The average molecular weight is 231 g/mol. The summed E-state index contributed by atoms with van der Waals surface area (Å²) in [6, 6.07) is 6.17. The Labute approximate surface area is 101 Å². The zero-order valence-electron chi connectivity index (χ0n) is 10.2. The van der Waals surface area contributed by atoms with Crippen LogP contribution in [0.1, 0.15) is 23.4 Å². The summed E-state index contributed by atoms with van der Waals surface area (Å²) in [4.78, 5) is 1.58. The highest BCUT2D eigenvalue weighted by Crippen LogP contribution is 2.13. The van der Waals surface area contributed by atoms with E-state index in [0.29, 0.717) is 6.54 Å². The fourth-order valence-electron chi connectivity index (χ4n) is 1.74. The first-order valence-corrected chi connectivity index (χ1v) is 5.77. The predicted octanol–water partition coefficient (Wildman–Crippen LogP) is 1.17. The molecular formula is C12H17N5. The van der Waals surface area contributed by atoms with Gasteiger partial charge in [0.1, 0.15) is 0 Å². The van der Waals surface area contributed by atoms with Gasteiger partial charge in [-0.15, -0.1) is 15.0 Å². The van der Waals surface area contributed by atoms with E-state index >= 15 is 0 Å². The van der Waals surface area contributed by atoms with Crippen molar-refractivity contribution in [2.24, 2.45) is 5.73 Å². The Kier molecular flexibility index (Phi) is 3.49. The molecule has 1 aromatic carbocycles. The van der Waals surface area contributed by atoms with Gasteiger partial charge in [-0.05, 0) is 43.7 Å². The molecule has 2 aromatic rings. The van der Waals surface area contributed by atoms with E-state index in [9.17, 15) is 0 Å². The lowest BCUT2D eigenvalue weighted by Gasteiger charge is -2.03. The molecule has 2 N–H and O–H groups in total. The fraction of sp³-hybridized carbons (Fsp3) is 0.417. The SMILES string of the molecule is Cc1ccc(-n2nnc(CCCN)n2)c(C)c1. The van der Waals surface area contributed by atoms with Crippen LogP contribution in [0.2, 0.25) is 0 Å². The lowest BCUT2D eigenvalue weighted by Crippen LogP contribution is -2.03. The van der Waals surface area contributed by atoms with Crippen LogP contribution in [0.15, 0.2) is 18.2 Å². The number of aromatic nitrogens is 4. The number of tetrazole rings is 1. The molecule has 0 unspecified atom stereocenters. The van der Waals surface area contributed by atoms with Crippen molar-refractivity contribution in [3.63, 3.8) is 0 Å². The molecule has 0 aliphatic carbocycles. The average Bonchev–Trinajstić information content (AvgIpc) is 2.75. The maximum absolute atomic E-state index is 5.45. The second-order valence-corrected chi connectivity index (χ2v) is 4.18. The molecule has 0 radical (unpaired) electrons. The molecule has 0 bridgehead atoms. The van der Waals surface area contributed by atoms with Crippen LogP contribution in [0.3, 0.4) is 0 Å². The molecule has 1 aromatic heterocycles. The monoisotopic (exact) mass is 231 g/mol. The van der Waals surface area contributed by atoms with Crippen LogP contribution in [0, 0.1) is 13.8 Å². The van der Waals surface area contributed by atoms with Gasteiger partial charge in [-0.3, -0.25) is 0 Å². The van der Waals surface area contributed by atoms with Gasteiger partial charge in [0.15, 0.2) is 5.82 Å². The quantitative estimate of drug-likeness (QED) is 0.857. The van der Waals surface area contributed by atoms with Crippen molar-refractivity contribution < 1.29 is 0 Å². The summed E-state index contributed by atoms with van der Waals surface area (Å²) >= 11 is 0. The van der Waals surface area contributed by atoms with Gasteiger partial charge >= 0.3 is 0 Å². The fourth-order valence-corrected chi connectivity index (χ4v) is 1.74. The van der Waals surface area contributed by atoms with Crippen LogP contribution in [-0.4, -0.2) is 26.8 Å². The number of benzene rings is 1. The number of nitrogens with two attached hydrogens (primary N) is 1. The second kappa shape index (κ2) is 5.05. The molecule has 0 atom stereocenters. The van der Waals surface area contributed by atoms with Crippen molar-refractivity contribution in [2.45, 2.75) is 26.7 Å². The number of nitrogens with zero attached hydrogens (tertiary/aromatic N) is 4. The summed E-state index contributed by atoms with van der Waals surface area (Å²) < 4.78 is 0. The smallest absolute Gasteiger partial charge is 0.175 e. The summed E-state index contributed by atoms with van der Waals surface area (Å²) in [7, 11) is 0. The minimum absolute atomic E-state index is 0.651. The maximum Gasteiger partial charge on any atom is 0.175 e. The Morgan fingerprint density at radius 1 is 1.29 bits per heavy atom. The van der Waals surface area contributed by atoms with E-state index in [-0.39, 0.29) is 0 Å². The van der Waals surface area contributed by atoms with Crippen LogP contribution in [0.25, 0.3) is 5.69 Å². The zero-order chi connectivity index (χ0) is 12.3. The van der Waals surface area contributed by atoms with Crippen molar-refractivity contribution >= 4 is 0 Å². The highest BCUT2D eigenvalue weighted by atomic mass is 15.6. The molecule has 0 saturated heterocycles. The van der Waals surface area contributed by atoms with Crippen molar-refractivity contribution in [3.8, 4) is 5.69 Å². The first-order chi connectivity index (χ1) is 8.20. The molecule has 5 nitrogen and oxygen atoms in total. The van der Waals surface area contributed by atoms with Crippen molar-refractivity contribution in [1.29, 1.82) is 0 Å². The van der Waals surface area contributed by atoms with Gasteiger partial charge in [-0.25, -0.2) is 0 Å². The Morgan fingerprint density at radius 3 is 2.82 bits per heavy atom. The van der Waals surface area contributed by atoms with Gasteiger partial charge in [0.25, 0.3) is 0 Å². The van der Waals surface area contributed by atoms with Gasteiger partial charge in [-0.2, -0.15) is 0 Å².